The van der Waals surface area contributed by atoms with E-state index >= 15 is 0 Å². The number of phosphoric acid groups is 1. The van der Waals surface area contributed by atoms with Crippen molar-refractivity contribution in [3.8, 4) is 0 Å². The Morgan fingerprint density at radius 3 is 2.22 bits per heavy atom. The predicted molar refractivity (Wildman–Crippen MR) is 58.0 cm³/mol. The van der Waals surface area contributed by atoms with Gasteiger partial charge in [0.25, 0.3) is 0 Å². The fraction of sp³-hybridized carbons (Fsp3) is 0.750. The molecule has 0 heterocycles. The summed E-state index contributed by atoms with van der Waals surface area (Å²) in [5, 5.41) is 17.3. The maximum Gasteiger partial charge on any atom is 0.530 e. The van der Waals surface area contributed by atoms with Gasteiger partial charge in [0, 0.05) is 0 Å². The lowest BCUT2D eigenvalue weighted by atomic mass is 10.4. The molecule has 0 fully saturated rings. The monoisotopic (exact) mass is 286 g/mol. The number of hydrogen-bond acceptors (Lipinski definition) is 7. The fourth-order valence-corrected chi connectivity index (χ4v) is 1.38. The van der Waals surface area contributed by atoms with Crippen LogP contribution in [-0.4, -0.2) is 71.9 Å². The highest BCUT2D eigenvalue weighted by Crippen LogP contribution is 2.43. The number of hydrogen-bond donors (Lipinski definition) is 3. The first-order valence-corrected chi connectivity index (χ1v) is 6.35. The number of carbonyl (C=O) groups is 2. The Balaban J connectivity index is 4.46. The van der Waals surface area contributed by atoms with Crippen LogP contribution in [0.5, 0.6) is 0 Å². The summed E-state index contributed by atoms with van der Waals surface area (Å²) >= 11 is 0. The number of amides is 1. The van der Waals surface area contributed by atoms with Gasteiger partial charge in [0.15, 0.2) is 0 Å². The summed E-state index contributed by atoms with van der Waals surface area (Å²) in [6.07, 6.45) is -1.39. The molecule has 0 aromatic heterocycles. The van der Waals surface area contributed by atoms with Gasteiger partial charge >= 0.3 is 19.7 Å². The van der Waals surface area contributed by atoms with Crippen LogP contribution in [0, 0.1) is 0 Å². The van der Waals surface area contributed by atoms with Gasteiger partial charge in [-0.25, -0.2) is 14.2 Å². The molecule has 0 aromatic rings. The molecule has 0 spiro atoms. The summed E-state index contributed by atoms with van der Waals surface area (Å²) in [4.78, 5) is 31.6. The highest BCUT2D eigenvalue weighted by Gasteiger charge is 2.37. The third-order valence-electron chi connectivity index (χ3n) is 1.62. The number of nitrogens with zero attached hydrogens (tertiary/aromatic N) is 1. The van der Waals surface area contributed by atoms with Crippen LogP contribution < -0.4 is 0 Å². The van der Waals surface area contributed by atoms with E-state index in [2.05, 4.69) is 9.05 Å². The summed E-state index contributed by atoms with van der Waals surface area (Å²) in [5.41, 5.74) is 0. The maximum atomic E-state index is 11.4. The Kier molecular flexibility index (Phi) is 6.08. The van der Waals surface area contributed by atoms with E-state index in [9.17, 15) is 14.2 Å². The zero-order valence-electron chi connectivity index (χ0n) is 10.3. The van der Waals surface area contributed by atoms with Crippen LogP contribution in [0.25, 0.3) is 0 Å². The van der Waals surface area contributed by atoms with Gasteiger partial charge in [0.1, 0.15) is 6.10 Å². The average Bonchev–Trinajstić information content (AvgIpc) is 2.22. The normalized spacial score (nSPS) is 16.8. The van der Waals surface area contributed by atoms with Crippen molar-refractivity contribution in [1.82, 2.24) is 0 Å². The quantitative estimate of drug-likeness (QED) is 0.307. The molecule has 0 aliphatic carbocycles. The minimum absolute atomic E-state index is 0.419. The van der Waals surface area contributed by atoms with Crippen LogP contribution in [0.1, 0.15) is 0 Å². The second-order valence-corrected chi connectivity index (χ2v) is 5.67. The van der Waals surface area contributed by atoms with Crippen LogP contribution in [0.4, 0.5) is 0 Å². The molecule has 0 aliphatic heterocycles. The summed E-state index contributed by atoms with van der Waals surface area (Å²) in [6.45, 7) is -1.40. The Labute approximate surface area is 104 Å². The minimum Gasteiger partial charge on any atom is -0.394 e. The molecular formula is C8H17NO8P+. The summed E-state index contributed by atoms with van der Waals surface area (Å²) in [5.74, 6) is -2.57. The number of phosphoric ester groups is 1. The summed E-state index contributed by atoms with van der Waals surface area (Å²) < 4.78 is 19.0. The van der Waals surface area contributed by atoms with Gasteiger partial charge in [-0.3, -0.25) is 13.9 Å². The van der Waals surface area contributed by atoms with E-state index in [1.807, 2.05) is 0 Å². The molecule has 1 unspecified atom stereocenters. The SMILES string of the molecule is C[N+](C)(C)C(=O)C(=O)OP(=O)(O)OC[C@H](O)CO. The Hall–Kier alpha value is -0.830. The van der Waals surface area contributed by atoms with E-state index in [0.717, 1.165) is 0 Å². The zero-order valence-corrected chi connectivity index (χ0v) is 11.2. The van der Waals surface area contributed by atoms with Crippen molar-refractivity contribution in [1.29, 1.82) is 0 Å². The number of aliphatic hydroxyl groups excluding tert-OH is 2. The molecule has 0 saturated heterocycles. The predicted octanol–water partition coefficient (Wildman–Crippen LogP) is -1.77. The average molecular weight is 286 g/mol. The maximum absolute atomic E-state index is 11.4. The van der Waals surface area contributed by atoms with E-state index < -0.39 is 43.5 Å². The molecule has 1 amide bonds. The molecule has 10 heteroatoms. The van der Waals surface area contributed by atoms with E-state index in [-0.39, 0.29) is 0 Å². The molecular weight excluding hydrogens is 269 g/mol. The highest BCUT2D eigenvalue weighted by molar-refractivity contribution is 7.48. The van der Waals surface area contributed by atoms with Crippen molar-refractivity contribution in [3.05, 3.63) is 0 Å². The first-order chi connectivity index (χ1) is 7.99. The van der Waals surface area contributed by atoms with Crippen molar-refractivity contribution in [3.63, 3.8) is 0 Å². The van der Waals surface area contributed by atoms with Gasteiger partial charge in [-0.05, 0) is 0 Å². The topological polar surface area (TPSA) is 130 Å². The van der Waals surface area contributed by atoms with Gasteiger partial charge in [-0.1, -0.05) is 0 Å². The standard InChI is InChI=1S/C8H16NO8P/c1-9(2,3)7(12)8(13)17-18(14,15)16-5-6(11)4-10/h6,10-11H,4-5H2,1-3H3/p+1/t6-/m1/s1. The van der Waals surface area contributed by atoms with Crippen molar-refractivity contribution < 1.29 is 42.8 Å². The second-order valence-electron chi connectivity index (χ2n) is 4.30. The van der Waals surface area contributed by atoms with Gasteiger partial charge < -0.3 is 14.7 Å². The van der Waals surface area contributed by atoms with Gasteiger partial charge in [-0.15, -0.1) is 0 Å². The molecule has 0 radical (unpaired) electrons. The molecule has 18 heavy (non-hydrogen) atoms. The lowest BCUT2D eigenvalue weighted by molar-refractivity contribution is -0.788. The van der Waals surface area contributed by atoms with E-state index in [1.165, 1.54) is 21.1 Å². The number of quaternary nitrogens is 1. The van der Waals surface area contributed by atoms with Gasteiger partial charge in [0.05, 0.1) is 34.4 Å². The number of carbonyl (C=O) groups excluding carboxylic acids is 2. The van der Waals surface area contributed by atoms with E-state index in [4.69, 9.17) is 15.1 Å². The minimum atomic E-state index is -4.79. The molecule has 0 aromatic carbocycles. The van der Waals surface area contributed by atoms with Crippen molar-refractivity contribution >= 4 is 19.7 Å². The third kappa shape index (κ3) is 6.20. The highest BCUT2D eigenvalue weighted by atomic mass is 31.2. The lowest BCUT2D eigenvalue weighted by Crippen LogP contribution is -2.46. The Morgan fingerprint density at radius 2 is 1.83 bits per heavy atom. The first kappa shape index (κ1) is 17.2. The van der Waals surface area contributed by atoms with Crippen LogP contribution in [0.3, 0.4) is 0 Å². The number of likely N-dealkylation sites (N-methyl/N-ethyl adjacent to an activating group) is 1. The summed E-state index contributed by atoms with van der Waals surface area (Å²) in [6, 6.07) is 0. The third-order valence-corrected chi connectivity index (χ3v) is 2.49. The molecule has 106 valence electrons. The zero-order chi connectivity index (χ0) is 14.6. The van der Waals surface area contributed by atoms with Crippen LogP contribution in [0.15, 0.2) is 0 Å². The Bertz CT molecular complexity index is 363. The van der Waals surface area contributed by atoms with Crippen LogP contribution in [-0.2, 0) is 23.2 Å². The van der Waals surface area contributed by atoms with Crippen molar-refractivity contribution in [2.45, 2.75) is 6.10 Å². The molecule has 0 bridgehead atoms. The van der Waals surface area contributed by atoms with Crippen molar-refractivity contribution in [2.24, 2.45) is 0 Å². The fourth-order valence-electron chi connectivity index (χ4n) is 0.677. The number of aliphatic hydroxyl groups is 2. The van der Waals surface area contributed by atoms with Crippen molar-refractivity contribution in [2.75, 3.05) is 34.4 Å². The first-order valence-electron chi connectivity index (χ1n) is 4.85. The lowest BCUT2D eigenvalue weighted by Gasteiger charge is -2.19. The summed E-state index contributed by atoms with van der Waals surface area (Å²) in [7, 11) is -0.659. The molecule has 3 N–H and O–H groups in total. The molecule has 0 rings (SSSR count). The molecule has 2 atom stereocenters. The Morgan fingerprint density at radius 1 is 1.33 bits per heavy atom. The molecule has 0 saturated carbocycles. The van der Waals surface area contributed by atoms with Crippen LogP contribution in [0.2, 0.25) is 0 Å². The molecule has 9 nitrogen and oxygen atoms in total. The second kappa shape index (κ2) is 6.37. The smallest absolute Gasteiger partial charge is 0.394 e. The van der Waals surface area contributed by atoms with Crippen LogP contribution >= 0.6 is 7.82 Å². The number of rotatable bonds is 5. The van der Waals surface area contributed by atoms with E-state index in [0.29, 0.717) is 0 Å². The van der Waals surface area contributed by atoms with E-state index in [1.54, 1.807) is 0 Å². The van der Waals surface area contributed by atoms with Gasteiger partial charge in [-0.2, -0.15) is 0 Å². The van der Waals surface area contributed by atoms with Gasteiger partial charge in [0.2, 0.25) is 0 Å². The molecule has 0 aliphatic rings. The largest absolute Gasteiger partial charge is 0.530 e.